The quantitative estimate of drug-likeness (QED) is 0.793. The molecule has 0 saturated carbocycles. The van der Waals surface area contributed by atoms with E-state index >= 15 is 0 Å². The second kappa shape index (κ2) is 6.72. The lowest BCUT2D eigenvalue weighted by molar-refractivity contribution is -0.153. The monoisotopic (exact) mass is 328 g/mol. The van der Waals surface area contributed by atoms with Crippen LogP contribution >= 0.6 is 0 Å². The zero-order chi connectivity index (χ0) is 17.0. The van der Waals surface area contributed by atoms with Crippen molar-refractivity contribution in [1.82, 2.24) is 9.30 Å². The predicted octanol–water partition coefficient (Wildman–Crippen LogP) is 2.51. The molecule has 0 radical (unpaired) electrons. The summed E-state index contributed by atoms with van der Waals surface area (Å²) >= 11 is 0. The Morgan fingerprint density at radius 2 is 2.04 bits per heavy atom. The molecule has 0 atom stereocenters. The molecule has 8 heteroatoms. The molecule has 0 spiro atoms. The third kappa shape index (κ3) is 4.48. The molecule has 23 heavy (non-hydrogen) atoms. The minimum absolute atomic E-state index is 0.0308. The molecule has 0 aliphatic heterocycles. The van der Waals surface area contributed by atoms with Crippen molar-refractivity contribution in [3.05, 3.63) is 42.2 Å². The first-order valence-corrected chi connectivity index (χ1v) is 6.88. The van der Waals surface area contributed by atoms with Crippen LogP contribution in [0.5, 0.6) is 0 Å². The van der Waals surface area contributed by atoms with Gasteiger partial charge in [-0.3, -0.25) is 9.59 Å². The van der Waals surface area contributed by atoms with Crippen LogP contribution in [0.1, 0.15) is 17.3 Å². The highest BCUT2D eigenvalue weighted by atomic mass is 19.4. The van der Waals surface area contributed by atoms with Crippen molar-refractivity contribution in [3.63, 3.8) is 0 Å². The number of esters is 1. The lowest BCUT2D eigenvalue weighted by Crippen LogP contribution is -2.42. The number of hydrogen-bond acceptors (Lipinski definition) is 3. The van der Waals surface area contributed by atoms with E-state index in [4.69, 9.17) is 0 Å². The van der Waals surface area contributed by atoms with Gasteiger partial charge in [0.05, 0.1) is 12.2 Å². The van der Waals surface area contributed by atoms with Gasteiger partial charge < -0.3 is 14.0 Å². The molecular weight excluding hydrogens is 313 g/mol. The van der Waals surface area contributed by atoms with Crippen LogP contribution in [0.15, 0.2) is 36.7 Å². The first-order valence-electron chi connectivity index (χ1n) is 6.88. The van der Waals surface area contributed by atoms with Crippen LogP contribution in [0.3, 0.4) is 0 Å². The normalized spacial score (nSPS) is 11.5. The number of rotatable bonds is 5. The summed E-state index contributed by atoms with van der Waals surface area (Å²) in [5.41, 5.74) is 0.740. The number of alkyl halides is 3. The summed E-state index contributed by atoms with van der Waals surface area (Å²) in [5, 5.41) is 0. The predicted molar refractivity (Wildman–Crippen MR) is 76.0 cm³/mol. The van der Waals surface area contributed by atoms with E-state index in [2.05, 4.69) is 4.74 Å². The number of hydrogen-bond donors (Lipinski definition) is 0. The minimum atomic E-state index is -4.61. The maximum atomic E-state index is 12.7. The molecule has 0 saturated heterocycles. The lowest BCUT2D eigenvalue weighted by Gasteiger charge is -2.22. The number of amides is 1. The first-order chi connectivity index (χ1) is 10.8. The van der Waals surface area contributed by atoms with E-state index in [9.17, 15) is 22.8 Å². The Hall–Kier alpha value is -2.51. The Labute approximate surface area is 130 Å². The van der Waals surface area contributed by atoms with E-state index in [1.54, 1.807) is 28.8 Å². The van der Waals surface area contributed by atoms with Crippen LogP contribution < -0.4 is 0 Å². The molecule has 0 bridgehead atoms. The Morgan fingerprint density at radius 1 is 1.30 bits per heavy atom. The average Bonchev–Trinajstić information content (AvgIpc) is 2.88. The van der Waals surface area contributed by atoms with Crippen LogP contribution in [0.25, 0.3) is 5.52 Å². The van der Waals surface area contributed by atoms with Gasteiger partial charge in [-0.05, 0) is 25.1 Å². The minimum Gasteiger partial charge on any atom is -0.465 e. The second-order valence-electron chi connectivity index (χ2n) is 4.84. The van der Waals surface area contributed by atoms with Gasteiger partial charge in [-0.25, -0.2) is 0 Å². The van der Waals surface area contributed by atoms with E-state index in [1.807, 2.05) is 0 Å². The molecule has 2 aromatic heterocycles. The summed E-state index contributed by atoms with van der Waals surface area (Å²) in [6.45, 7) is -0.702. The summed E-state index contributed by atoms with van der Waals surface area (Å²) in [5.74, 6) is -1.76. The number of nitrogens with zero attached hydrogens (tertiary/aromatic N) is 2. The Morgan fingerprint density at radius 3 is 2.65 bits per heavy atom. The third-order valence-electron chi connectivity index (χ3n) is 3.03. The van der Waals surface area contributed by atoms with Crippen molar-refractivity contribution in [3.8, 4) is 0 Å². The Bertz CT molecular complexity index is 676. The fourth-order valence-corrected chi connectivity index (χ4v) is 2.13. The molecular formula is C15H15F3N2O3. The summed E-state index contributed by atoms with van der Waals surface area (Å²) in [6.07, 6.45) is -1.51. The number of pyridine rings is 1. The number of ether oxygens (including phenoxy) is 1. The third-order valence-corrected chi connectivity index (χ3v) is 3.03. The van der Waals surface area contributed by atoms with Gasteiger partial charge >= 0.3 is 12.1 Å². The van der Waals surface area contributed by atoms with Gasteiger partial charge in [0.1, 0.15) is 13.1 Å². The second-order valence-corrected chi connectivity index (χ2v) is 4.84. The van der Waals surface area contributed by atoms with E-state index in [0.29, 0.717) is 10.4 Å². The zero-order valence-corrected chi connectivity index (χ0v) is 12.3. The van der Waals surface area contributed by atoms with Gasteiger partial charge in [-0.15, -0.1) is 0 Å². The maximum Gasteiger partial charge on any atom is 0.406 e. The standard InChI is InChI=1S/C15H15F3N2O3/c1-2-23-13(21)9-20(10-15(16,17)18)14(22)11-7-12-5-3-4-6-19(12)8-11/h3-8H,2,9-10H2,1H3. The first kappa shape index (κ1) is 16.9. The van der Waals surface area contributed by atoms with Gasteiger partial charge in [0.15, 0.2) is 0 Å². The summed E-state index contributed by atoms with van der Waals surface area (Å²) in [4.78, 5) is 24.2. The molecule has 0 aliphatic carbocycles. The topological polar surface area (TPSA) is 51.0 Å². The molecule has 2 heterocycles. The van der Waals surface area contributed by atoms with Crippen LogP contribution in [0.4, 0.5) is 13.2 Å². The fraction of sp³-hybridized carbons (Fsp3) is 0.333. The number of halogens is 3. The highest BCUT2D eigenvalue weighted by Crippen LogP contribution is 2.19. The SMILES string of the molecule is CCOC(=O)CN(CC(F)(F)F)C(=O)c1cc2ccccn2c1. The smallest absolute Gasteiger partial charge is 0.406 e. The molecule has 1 amide bonds. The molecule has 0 aromatic carbocycles. The van der Waals surface area contributed by atoms with Crippen molar-refractivity contribution in [1.29, 1.82) is 0 Å². The van der Waals surface area contributed by atoms with E-state index < -0.39 is 31.1 Å². The number of carbonyl (C=O) groups excluding carboxylic acids is 2. The molecule has 0 N–H and O–H groups in total. The van der Waals surface area contributed by atoms with Gasteiger partial charge in [-0.2, -0.15) is 13.2 Å². The Kier molecular flexibility index (Phi) is 4.92. The highest BCUT2D eigenvalue weighted by molar-refractivity contribution is 5.97. The average molecular weight is 328 g/mol. The molecule has 5 nitrogen and oxygen atoms in total. The summed E-state index contributed by atoms with van der Waals surface area (Å²) < 4.78 is 44.3. The largest absolute Gasteiger partial charge is 0.465 e. The van der Waals surface area contributed by atoms with Gasteiger partial charge in [-0.1, -0.05) is 6.07 Å². The van der Waals surface area contributed by atoms with Crippen LogP contribution in [0.2, 0.25) is 0 Å². The van der Waals surface area contributed by atoms with Gasteiger partial charge in [0, 0.05) is 17.9 Å². The van der Waals surface area contributed by atoms with Crippen molar-refractivity contribution < 1.29 is 27.5 Å². The van der Waals surface area contributed by atoms with Gasteiger partial charge in [0.2, 0.25) is 0 Å². The maximum absolute atomic E-state index is 12.7. The zero-order valence-electron chi connectivity index (χ0n) is 12.3. The van der Waals surface area contributed by atoms with Crippen molar-refractivity contribution in [2.75, 3.05) is 19.7 Å². The number of carbonyl (C=O) groups is 2. The molecule has 0 aliphatic rings. The van der Waals surface area contributed by atoms with Gasteiger partial charge in [0.25, 0.3) is 5.91 Å². The number of aromatic nitrogens is 1. The van der Waals surface area contributed by atoms with Crippen molar-refractivity contribution in [2.24, 2.45) is 0 Å². The Balaban J connectivity index is 2.25. The number of fused-ring (bicyclic) bond motifs is 1. The van der Waals surface area contributed by atoms with Crippen LogP contribution in [-0.2, 0) is 9.53 Å². The fourth-order valence-electron chi connectivity index (χ4n) is 2.13. The molecule has 2 rings (SSSR count). The molecule has 0 unspecified atom stereocenters. The summed E-state index contributed by atoms with van der Waals surface area (Å²) in [7, 11) is 0. The van der Waals surface area contributed by atoms with Crippen LogP contribution in [-0.4, -0.2) is 47.0 Å². The van der Waals surface area contributed by atoms with Crippen molar-refractivity contribution in [2.45, 2.75) is 13.1 Å². The summed E-state index contributed by atoms with van der Waals surface area (Å²) in [6, 6.07) is 6.66. The van der Waals surface area contributed by atoms with E-state index in [0.717, 1.165) is 0 Å². The van der Waals surface area contributed by atoms with Crippen LogP contribution in [0, 0.1) is 0 Å². The highest BCUT2D eigenvalue weighted by Gasteiger charge is 2.34. The molecule has 2 aromatic rings. The van der Waals surface area contributed by atoms with E-state index in [1.165, 1.54) is 19.2 Å². The lowest BCUT2D eigenvalue weighted by atomic mass is 10.2. The van der Waals surface area contributed by atoms with E-state index in [-0.39, 0.29) is 12.2 Å². The molecule has 124 valence electrons. The molecule has 0 fully saturated rings. The van der Waals surface area contributed by atoms with Crippen molar-refractivity contribution >= 4 is 17.4 Å².